The molecule has 0 radical (unpaired) electrons. The fourth-order valence-electron chi connectivity index (χ4n) is 9.98. The Labute approximate surface area is 329 Å². The van der Waals surface area contributed by atoms with E-state index >= 15 is 0 Å². The summed E-state index contributed by atoms with van der Waals surface area (Å²) in [5, 5.41) is 34.1. The number of ketones is 2. The van der Waals surface area contributed by atoms with Gasteiger partial charge in [-0.05, 0) is 112 Å². The lowest BCUT2D eigenvalue weighted by atomic mass is 9.74. The molecule has 4 rings (SSSR count). The number of methoxy groups -OCH3 is 1. The van der Waals surface area contributed by atoms with Crippen molar-refractivity contribution in [1.29, 1.82) is 0 Å². The van der Waals surface area contributed by atoms with Crippen molar-refractivity contribution in [2.75, 3.05) is 13.7 Å². The molecule has 3 fully saturated rings. The molecule has 55 heavy (non-hydrogen) atoms. The summed E-state index contributed by atoms with van der Waals surface area (Å²) >= 11 is 0. The van der Waals surface area contributed by atoms with Gasteiger partial charge in [0.1, 0.15) is 12.1 Å². The Hall–Kier alpha value is -2.44. The van der Waals surface area contributed by atoms with Crippen LogP contribution in [0.4, 0.5) is 0 Å². The zero-order valence-electron chi connectivity index (χ0n) is 35.0. The molecule has 3 aliphatic heterocycles. The minimum atomic E-state index is -2.34. The van der Waals surface area contributed by atoms with Gasteiger partial charge in [-0.25, -0.2) is 4.79 Å². The molecule has 2 bridgehead atoms. The van der Waals surface area contributed by atoms with Crippen molar-refractivity contribution in [2.45, 2.75) is 175 Å². The number of nitrogens with zero attached hydrogens (tertiary/aromatic N) is 1. The van der Waals surface area contributed by atoms with Gasteiger partial charge in [0.2, 0.25) is 5.79 Å². The summed E-state index contributed by atoms with van der Waals surface area (Å²) in [6, 6.07) is -1.08. The number of carbonyl (C=O) groups is 4. The van der Waals surface area contributed by atoms with Crippen molar-refractivity contribution in [1.82, 2.24) is 4.90 Å². The molecular weight excluding hydrogens is 702 g/mol. The van der Waals surface area contributed by atoms with Crippen LogP contribution in [-0.2, 0) is 33.4 Å². The summed E-state index contributed by atoms with van der Waals surface area (Å²) < 4.78 is 18.2. The van der Waals surface area contributed by atoms with Crippen molar-refractivity contribution in [3.05, 3.63) is 23.3 Å². The van der Waals surface area contributed by atoms with Crippen LogP contribution in [0, 0.1) is 41.4 Å². The van der Waals surface area contributed by atoms with Crippen LogP contribution in [0.15, 0.2) is 23.3 Å². The molecule has 1 amide bonds. The van der Waals surface area contributed by atoms with E-state index in [1.165, 1.54) is 4.90 Å². The Kier molecular flexibility index (Phi) is 16.3. The average molecular weight is 774 g/mol. The van der Waals surface area contributed by atoms with Crippen molar-refractivity contribution >= 4 is 23.4 Å². The first-order valence-electron chi connectivity index (χ1n) is 21.2. The predicted molar refractivity (Wildman–Crippen MR) is 209 cm³/mol. The number of fused-ring (bicyclic) bond motifs is 3. The number of amides is 1. The molecule has 1 saturated carbocycles. The number of hydrogen-bond donors (Lipinski definition) is 3. The van der Waals surface area contributed by atoms with E-state index in [1.54, 1.807) is 21.0 Å². The number of aliphatic hydroxyl groups is 3. The number of piperidine rings is 1. The van der Waals surface area contributed by atoms with E-state index in [0.717, 1.165) is 19.3 Å². The van der Waals surface area contributed by atoms with Gasteiger partial charge in [-0.2, -0.15) is 0 Å². The first-order valence-corrected chi connectivity index (χ1v) is 21.2. The van der Waals surface area contributed by atoms with Gasteiger partial charge >= 0.3 is 5.97 Å². The standard InChI is InChI=1S/C44H71NO10/c1-10-32-19-25(3)18-26(4)20-33(11-2)40-27(5)21-29(7)44(52,55-40)41(49)42(50)45-17-13-12-14-34(45)43(51)54-39(30(8)36(47)24-37(32)48)28(6)22-31-15-16-35(46)38(23-31)53-9/h19,22,25-27,29-31,33-36,38-40,46-47,52H,10-18,20-21,23-24H2,1-9H3/t25?,26-,27-,29+,30+,31-,33-,34?,35+,36-,38+,39+,40-,44+/m0/s1. The minimum absolute atomic E-state index is 0.0177. The van der Waals surface area contributed by atoms with Gasteiger partial charge in [-0.3, -0.25) is 14.4 Å². The molecule has 4 aliphatic rings. The van der Waals surface area contributed by atoms with Gasteiger partial charge in [0, 0.05) is 31.9 Å². The van der Waals surface area contributed by atoms with Crippen LogP contribution >= 0.6 is 0 Å². The molecule has 0 aromatic heterocycles. The number of carbonyl (C=O) groups excluding carboxylic acids is 4. The van der Waals surface area contributed by atoms with Crippen molar-refractivity contribution < 1.29 is 48.7 Å². The summed E-state index contributed by atoms with van der Waals surface area (Å²) in [4.78, 5) is 57.7. The lowest BCUT2D eigenvalue weighted by molar-refractivity contribution is -0.283. The van der Waals surface area contributed by atoms with E-state index in [9.17, 15) is 34.5 Å². The number of hydrogen-bond acceptors (Lipinski definition) is 10. The highest BCUT2D eigenvalue weighted by Crippen LogP contribution is 2.42. The molecule has 11 heteroatoms. The number of aliphatic hydroxyl groups excluding tert-OH is 2. The third kappa shape index (κ3) is 10.7. The van der Waals surface area contributed by atoms with Crippen LogP contribution in [0.5, 0.6) is 0 Å². The van der Waals surface area contributed by atoms with Crippen LogP contribution in [0.3, 0.4) is 0 Å². The quantitative estimate of drug-likeness (QED) is 0.169. The first-order chi connectivity index (χ1) is 25.9. The van der Waals surface area contributed by atoms with E-state index in [1.807, 2.05) is 26.0 Å². The SMILES string of the molecule is CCC1=CC(C)C[C@H](C)C[C@H](CC)[C@H]2O[C@@](O)(C(=O)C(=O)N3CCCCC3C(=O)O[C@H](C(C)=C[C@@H]3CC[C@@H](O)[C@H](OC)C3)[C@H](C)[C@@H](O)CC1=O)[C@H](C)C[C@@H]2C. The van der Waals surface area contributed by atoms with E-state index in [2.05, 4.69) is 27.7 Å². The number of rotatable bonds is 5. The Balaban J connectivity index is 1.75. The number of allylic oxidation sites excluding steroid dienone is 3. The number of Topliss-reactive ketones (excluding diaryl/α,β-unsaturated/α-hetero) is 2. The molecule has 0 aromatic carbocycles. The zero-order chi connectivity index (χ0) is 40.8. The molecule has 1 aliphatic carbocycles. The molecule has 3 N–H and O–H groups in total. The van der Waals surface area contributed by atoms with E-state index in [0.29, 0.717) is 56.1 Å². The fraction of sp³-hybridized carbons (Fsp3) is 0.818. The van der Waals surface area contributed by atoms with Crippen LogP contribution < -0.4 is 0 Å². The fourth-order valence-corrected chi connectivity index (χ4v) is 9.98. The van der Waals surface area contributed by atoms with E-state index < -0.39 is 65.7 Å². The number of esters is 1. The molecule has 2 saturated heterocycles. The summed E-state index contributed by atoms with van der Waals surface area (Å²) in [5.41, 5.74) is 1.35. The lowest BCUT2D eigenvalue weighted by Crippen LogP contribution is -2.62. The number of ether oxygens (including phenoxy) is 3. The largest absolute Gasteiger partial charge is 0.456 e. The maximum absolute atomic E-state index is 14.3. The van der Waals surface area contributed by atoms with Gasteiger partial charge in [0.05, 0.1) is 24.4 Å². The molecule has 3 heterocycles. The van der Waals surface area contributed by atoms with E-state index in [-0.39, 0.29) is 60.9 Å². The monoisotopic (exact) mass is 774 g/mol. The Bertz CT molecular complexity index is 1410. The van der Waals surface area contributed by atoms with Crippen LogP contribution in [0.25, 0.3) is 0 Å². The van der Waals surface area contributed by atoms with Gasteiger partial charge in [-0.1, -0.05) is 67.0 Å². The predicted octanol–water partition coefficient (Wildman–Crippen LogP) is 6.11. The van der Waals surface area contributed by atoms with Gasteiger partial charge in [-0.15, -0.1) is 0 Å². The molecule has 312 valence electrons. The molecule has 14 atom stereocenters. The highest BCUT2D eigenvalue weighted by molar-refractivity contribution is 6.39. The maximum atomic E-state index is 14.3. The normalized spacial score (nSPS) is 41.2. The molecule has 11 nitrogen and oxygen atoms in total. The third-order valence-corrected chi connectivity index (χ3v) is 13.3. The summed E-state index contributed by atoms with van der Waals surface area (Å²) in [6.45, 7) is 15.8. The smallest absolute Gasteiger partial charge is 0.329 e. The van der Waals surface area contributed by atoms with Crippen LogP contribution in [0.2, 0.25) is 0 Å². The zero-order valence-corrected chi connectivity index (χ0v) is 35.0. The Morgan fingerprint density at radius 3 is 2.33 bits per heavy atom. The summed E-state index contributed by atoms with van der Waals surface area (Å²) in [6.07, 6.45) is 7.11. The average Bonchev–Trinajstić information content (AvgIpc) is 3.15. The number of cyclic esters (lactones) is 1. The second-order valence-electron chi connectivity index (χ2n) is 17.7. The topological polar surface area (TPSA) is 160 Å². The van der Waals surface area contributed by atoms with Gasteiger partial charge in [0.25, 0.3) is 11.7 Å². The Morgan fingerprint density at radius 1 is 0.964 bits per heavy atom. The Morgan fingerprint density at radius 2 is 1.67 bits per heavy atom. The maximum Gasteiger partial charge on any atom is 0.329 e. The molecule has 2 unspecified atom stereocenters. The highest BCUT2D eigenvalue weighted by Gasteiger charge is 2.55. The molecular formula is C44H71NO10. The first kappa shape index (κ1) is 45.3. The van der Waals surface area contributed by atoms with Crippen molar-refractivity contribution in [2.24, 2.45) is 41.4 Å². The van der Waals surface area contributed by atoms with Gasteiger partial charge in [0.15, 0.2) is 5.78 Å². The third-order valence-electron chi connectivity index (χ3n) is 13.3. The van der Waals surface area contributed by atoms with Crippen LogP contribution in [0.1, 0.15) is 132 Å². The van der Waals surface area contributed by atoms with Crippen LogP contribution in [-0.4, -0.2) is 99.7 Å². The lowest BCUT2D eigenvalue weighted by Gasteiger charge is -2.47. The van der Waals surface area contributed by atoms with Crippen molar-refractivity contribution in [3.8, 4) is 0 Å². The second-order valence-corrected chi connectivity index (χ2v) is 17.7. The highest BCUT2D eigenvalue weighted by atomic mass is 16.6. The van der Waals surface area contributed by atoms with Gasteiger partial charge < -0.3 is 34.4 Å². The second kappa shape index (κ2) is 19.8. The minimum Gasteiger partial charge on any atom is -0.456 e. The van der Waals surface area contributed by atoms with E-state index in [4.69, 9.17) is 14.2 Å². The molecule has 0 spiro atoms. The summed E-state index contributed by atoms with van der Waals surface area (Å²) in [7, 11) is 1.57. The van der Waals surface area contributed by atoms with Crippen molar-refractivity contribution in [3.63, 3.8) is 0 Å². The molecule has 0 aromatic rings. The summed E-state index contributed by atoms with van der Waals surface area (Å²) in [5.74, 6) is -6.15.